The molecule has 2 aliphatic heterocycles. The van der Waals surface area contributed by atoms with Crippen LogP contribution in [-0.2, 0) is 14.4 Å². The second-order valence-corrected chi connectivity index (χ2v) is 10.2. The minimum absolute atomic E-state index is 0.0941. The van der Waals surface area contributed by atoms with Crippen molar-refractivity contribution in [3.63, 3.8) is 0 Å². The van der Waals surface area contributed by atoms with Gasteiger partial charge in [0.15, 0.2) is 0 Å². The highest BCUT2D eigenvalue weighted by atomic mass is 32.2. The molecule has 4 heterocycles. The lowest BCUT2D eigenvalue weighted by Crippen LogP contribution is -2.23. The number of hydrogen-bond acceptors (Lipinski definition) is 9. The van der Waals surface area contributed by atoms with Crippen molar-refractivity contribution in [3.8, 4) is 16.8 Å². The summed E-state index contributed by atoms with van der Waals surface area (Å²) < 4.78 is 3.30. The van der Waals surface area contributed by atoms with Crippen molar-refractivity contribution in [1.82, 2.24) is 9.47 Å². The molecule has 0 amide bonds. The molecular formula is C24H24N4O7S2. The predicted octanol–water partition coefficient (Wildman–Crippen LogP) is 4.17. The lowest BCUT2D eigenvalue weighted by atomic mass is 10.1. The molecule has 3 aromatic rings. The molecule has 5 rings (SSSR count). The van der Waals surface area contributed by atoms with Crippen molar-refractivity contribution < 1.29 is 29.6 Å². The smallest absolute Gasteiger partial charge is 0.414 e. The molecule has 2 N–H and O–H groups in total. The number of fused-ring (bicyclic) bond motifs is 3. The Morgan fingerprint density at radius 1 is 1.16 bits per heavy atom. The molecule has 0 bridgehead atoms. The average Bonchev–Trinajstić information content (AvgIpc) is 3.66. The van der Waals surface area contributed by atoms with Crippen molar-refractivity contribution in [2.45, 2.75) is 17.1 Å². The summed E-state index contributed by atoms with van der Waals surface area (Å²) in [5, 5.41) is 30.4. The normalized spacial score (nSPS) is 15.1. The summed E-state index contributed by atoms with van der Waals surface area (Å²) >= 11 is 3.37. The van der Waals surface area contributed by atoms with E-state index < -0.39 is 11.9 Å². The van der Waals surface area contributed by atoms with E-state index in [0.29, 0.717) is 6.61 Å². The number of aromatic nitrogens is 1. The third-order valence-electron chi connectivity index (χ3n) is 5.89. The molecule has 0 saturated carbocycles. The summed E-state index contributed by atoms with van der Waals surface area (Å²) in [5.74, 6) is -3.65. The maximum absolute atomic E-state index is 11.1. The van der Waals surface area contributed by atoms with E-state index in [9.17, 15) is 10.1 Å². The van der Waals surface area contributed by atoms with Gasteiger partial charge >= 0.3 is 11.9 Å². The molecule has 1 fully saturated rings. The first-order chi connectivity index (χ1) is 17.8. The van der Waals surface area contributed by atoms with Crippen LogP contribution in [0.2, 0.25) is 0 Å². The van der Waals surface area contributed by atoms with Gasteiger partial charge in [0.1, 0.15) is 12.3 Å². The Balaban J connectivity index is 0.000000480. The molecule has 1 aromatic carbocycles. The number of nitro benzene ring substituents is 1. The molecule has 37 heavy (non-hydrogen) atoms. The number of thioether (sulfide) groups is 1. The Kier molecular flexibility index (Phi) is 8.26. The highest BCUT2D eigenvalue weighted by Gasteiger charge is 2.33. The third-order valence-corrected chi connectivity index (χ3v) is 8.19. The fourth-order valence-electron chi connectivity index (χ4n) is 4.20. The molecule has 13 heteroatoms. The minimum Gasteiger partial charge on any atom is -0.473 e. The Labute approximate surface area is 220 Å². The van der Waals surface area contributed by atoms with Gasteiger partial charge in [0.05, 0.1) is 25.4 Å². The number of benzene rings is 1. The maximum Gasteiger partial charge on any atom is 0.414 e. The number of aliphatic carboxylic acids is 2. The van der Waals surface area contributed by atoms with E-state index in [4.69, 9.17) is 24.6 Å². The highest BCUT2D eigenvalue weighted by Crippen LogP contribution is 2.48. The Morgan fingerprint density at radius 2 is 1.84 bits per heavy atom. The van der Waals surface area contributed by atoms with Gasteiger partial charge in [-0.3, -0.25) is 15.0 Å². The molecule has 0 radical (unpaired) electrons. The molecule has 2 aromatic heterocycles. The van der Waals surface area contributed by atoms with Gasteiger partial charge in [-0.2, -0.15) is 0 Å². The number of carbonyl (C=O) groups is 2. The monoisotopic (exact) mass is 544 g/mol. The first kappa shape index (κ1) is 26.4. The summed E-state index contributed by atoms with van der Waals surface area (Å²) in [6, 6.07) is 10.8. The molecule has 0 aliphatic carbocycles. The first-order valence-electron chi connectivity index (χ1n) is 11.3. The number of nitro groups is 1. The Morgan fingerprint density at radius 3 is 2.43 bits per heavy atom. The van der Waals surface area contributed by atoms with Crippen molar-refractivity contribution in [2.24, 2.45) is 5.16 Å². The van der Waals surface area contributed by atoms with Crippen LogP contribution >= 0.6 is 23.1 Å². The number of nitrogens with zero attached hydrogens (tertiary/aromatic N) is 4. The number of oxime groups is 1. The van der Waals surface area contributed by atoms with Crippen molar-refractivity contribution in [3.05, 3.63) is 63.3 Å². The summed E-state index contributed by atoms with van der Waals surface area (Å²) in [6.45, 7) is 3.77. The van der Waals surface area contributed by atoms with E-state index in [-0.39, 0.29) is 10.6 Å². The zero-order valence-electron chi connectivity index (χ0n) is 19.8. The standard InChI is InChI=1S/C22H22N4O3S2.C2H2O4/c1-30-22-18(15-6-8-16(9-7-15)26(27)28)20-21(31-22)19(17-5-4-12-25(17)20)23-29-14-13-24-10-2-3-11-24;3-1(4)2(5)6/h4-9,12H,2-3,10-11,13-14H2,1H3;(H,3,4)(H,5,6)/b23-19-;. The van der Waals surface area contributed by atoms with Crippen LogP contribution in [0.4, 0.5) is 5.69 Å². The third kappa shape index (κ3) is 5.68. The largest absolute Gasteiger partial charge is 0.473 e. The molecule has 194 valence electrons. The Hall–Kier alpha value is -3.68. The van der Waals surface area contributed by atoms with Crippen LogP contribution < -0.4 is 0 Å². The van der Waals surface area contributed by atoms with Gasteiger partial charge in [-0.1, -0.05) is 5.16 Å². The van der Waals surface area contributed by atoms with Gasteiger partial charge in [0.25, 0.3) is 5.69 Å². The van der Waals surface area contributed by atoms with Gasteiger partial charge in [-0.15, -0.1) is 23.1 Å². The summed E-state index contributed by atoms with van der Waals surface area (Å²) in [7, 11) is 0. The zero-order valence-corrected chi connectivity index (χ0v) is 21.5. The van der Waals surface area contributed by atoms with Gasteiger partial charge in [0.2, 0.25) is 0 Å². The summed E-state index contributed by atoms with van der Waals surface area (Å²) in [6.07, 6.45) is 6.62. The van der Waals surface area contributed by atoms with E-state index >= 15 is 0 Å². The number of carboxylic acid groups (broad SMARTS) is 2. The van der Waals surface area contributed by atoms with Crippen LogP contribution in [-0.4, -0.2) is 74.8 Å². The lowest BCUT2D eigenvalue weighted by molar-refractivity contribution is -0.384. The molecule has 0 spiro atoms. The van der Waals surface area contributed by atoms with Crippen LogP contribution in [0, 0.1) is 10.1 Å². The van der Waals surface area contributed by atoms with Gasteiger partial charge in [0, 0.05) is 30.4 Å². The van der Waals surface area contributed by atoms with E-state index in [2.05, 4.69) is 20.9 Å². The minimum atomic E-state index is -1.82. The van der Waals surface area contributed by atoms with E-state index in [1.165, 1.54) is 12.8 Å². The van der Waals surface area contributed by atoms with Crippen LogP contribution in [0.5, 0.6) is 0 Å². The molecular weight excluding hydrogens is 520 g/mol. The molecule has 1 saturated heterocycles. The van der Waals surface area contributed by atoms with Crippen LogP contribution in [0.1, 0.15) is 23.4 Å². The second-order valence-electron chi connectivity index (χ2n) is 8.15. The zero-order chi connectivity index (χ0) is 26.5. The van der Waals surface area contributed by atoms with Crippen molar-refractivity contribution in [2.75, 3.05) is 32.5 Å². The number of non-ortho nitro benzene ring substituents is 1. The summed E-state index contributed by atoms with van der Waals surface area (Å²) in [5.41, 5.74) is 5.08. The van der Waals surface area contributed by atoms with Crippen LogP contribution in [0.15, 0.2) is 52.0 Å². The molecule has 11 nitrogen and oxygen atoms in total. The molecule has 0 unspecified atom stereocenters. The SMILES string of the molecule is CSc1sc2c(c1-c1ccc([N+](=O)[O-])cc1)-n1cccc1/C2=N/OCCN1CCCC1.O=C(O)C(=O)O. The van der Waals surface area contributed by atoms with Gasteiger partial charge < -0.3 is 19.6 Å². The molecule has 2 aliphatic rings. The second kappa shape index (κ2) is 11.6. The fourth-order valence-corrected chi connectivity index (χ4v) is 6.24. The topological polar surface area (TPSA) is 148 Å². The first-order valence-corrected chi connectivity index (χ1v) is 13.4. The van der Waals surface area contributed by atoms with Crippen LogP contribution in [0.3, 0.4) is 0 Å². The van der Waals surface area contributed by atoms with E-state index in [1.54, 1.807) is 35.2 Å². The highest BCUT2D eigenvalue weighted by molar-refractivity contribution is 8.00. The predicted molar refractivity (Wildman–Crippen MR) is 140 cm³/mol. The van der Waals surface area contributed by atoms with Gasteiger partial charge in [-0.25, -0.2) is 9.59 Å². The summed E-state index contributed by atoms with van der Waals surface area (Å²) in [4.78, 5) is 38.1. The van der Waals surface area contributed by atoms with Gasteiger partial charge in [-0.05, 0) is 62.0 Å². The number of carboxylic acids is 2. The maximum atomic E-state index is 11.1. The Bertz CT molecular complexity index is 1330. The number of thiophene rings is 1. The quantitative estimate of drug-likeness (QED) is 0.115. The lowest BCUT2D eigenvalue weighted by Gasteiger charge is -2.12. The number of likely N-dealkylation sites (tertiary alicyclic amines) is 1. The number of rotatable bonds is 7. The van der Waals surface area contributed by atoms with E-state index in [1.807, 2.05) is 30.5 Å². The number of hydrogen-bond donors (Lipinski definition) is 2. The van der Waals surface area contributed by atoms with Crippen molar-refractivity contribution >= 4 is 46.4 Å². The average molecular weight is 545 g/mol. The van der Waals surface area contributed by atoms with Crippen LogP contribution in [0.25, 0.3) is 16.8 Å². The fraction of sp³-hybridized carbons (Fsp3) is 0.292. The van der Waals surface area contributed by atoms with Crippen molar-refractivity contribution in [1.29, 1.82) is 0 Å². The van der Waals surface area contributed by atoms with E-state index in [0.717, 1.165) is 56.9 Å². The molecule has 0 atom stereocenters.